The summed E-state index contributed by atoms with van der Waals surface area (Å²) in [5, 5.41) is -0.0825. The van der Waals surface area contributed by atoms with Crippen molar-refractivity contribution >= 4 is 34.8 Å². The number of hydrogen-bond donors (Lipinski definition) is 0. The summed E-state index contributed by atoms with van der Waals surface area (Å²) in [5.41, 5.74) is 5.81. The molecule has 0 atom stereocenters. The molecule has 0 amide bonds. The highest BCUT2D eigenvalue weighted by Gasteiger charge is 2.12. The first-order valence-corrected chi connectivity index (χ1v) is 15.6. The zero-order valence-corrected chi connectivity index (χ0v) is 27.0. The topological polar surface area (TPSA) is 105 Å². The molecule has 0 saturated carbocycles. The Hall–Kier alpha value is -4.89. The Labute approximate surface area is 274 Å². The average Bonchev–Trinajstić information content (AvgIpc) is 3.06. The monoisotopic (exact) mass is 642 g/mol. The number of rotatable bonds is 17. The van der Waals surface area contributed by atoms with Crippen LogP contribution >= 0.6 is 11.8 Å². The summed E-state index contributed by atoms with van der Waals surface area (Å²) < 4.78 is 21.5. The van der Waals surface area contributed by atoms with Crippen LogP contribution < -0.4 is 9.47 Å². The lowest BCUT2D eigenvalue weighted by Gasteiger charge is -2.13. The standard InChI is InChI=1S/C37H38O8S/c1-6-34(38)43-20-18-30-22-26(8-10-28(30)19-21-46-36(40)7-2)9-17-35(39)45-32-15-13-27(14-16-32)29-11-12-31(33(23-29)42-5)24-44-37(41)25(3)4/h6-8,10-16,22-23H,1-3,9,17-21,24H2,4-5H3. The molecule has 0 radical (unpaired) electrons. The van der Waals surface area contributed by atoms with Gasteiger partial charge in [-0.25, -0.2) is 9.59 Å². The van der Waals surface area contributed by atoms with E-state index in [1.807, 2.05) is 48.5 Å². The Bertz CT molecular complexity index is 1590. The minimum Gasteiger partial charge on any atom is -0.496 e. The van der Waals surface area contributed by atoms with Crippen LogP contribution in [0.4, 0.5) is 0 Å². The van der Waals surface area contributed by atoms with Crippen LogP contribution in [0.25, 0.3) is 11.1 Å². The smallest absolute Gasteiger partial charge is 0.333 e. The van der Waals surface area contributed by atoms with Crippen molar-refractivity contribution in [3.05, 3.63) is 120 Å². The minimum absolute atomic E-state index is 0.0675. The first-order valence-electron chi connectivity index (χ1n) is 14.6. The van der Waals surface area contributed by atoms with Crippen molar-refractivity contribution < 1.29 is 38.1 Å². The van der Waals surface area contributed by atoms with Crippen LogP contribution in [0.1, 0.15) is 35.6 Å². The van der Waals surface area contributed by atoms with Crippen molar-refractivity contribution in [2.45, 2.75) is 39.2 Å². The van der Waals surface area contributed by atoms with Gasteiger partial charge in [-0.05, 0) is 71.9 Å². The first-order chi connectivity index (χ1) is 22.1. The van der Waals surface area contributed by atoms with Crippen molar-refractivity contribution in [1.82, 2.24) is 0 Å². The van der Waals surface area contributed by atoms with Gasteiger partial charge in [-0.1, -0.05) is 74.0 Å². The number of methoxy groups -OCH3 is 1. The number of ether oxygens (including phenoxy) is 4. The van der Waals surface area contributed by atoms with Crippen LogP contribution in [-0.4, -0.2) is 42.5 Å². The lowest BCUT2D eigenvalue weighted by atomic mass is 9.98. The first kappa shape index (κ1) is 35.6. The zero-order chi connectivity index (χ0) is 33.5. The molecule has 0 aliphatic rings. The molecule has 3 aromatic rings. The number of hydrogen-bond acceptors (Lipinski definition) is 9. The molecular weight excluding hydrogens is 604 g/mol. The zero-order valence-electron chi connectivity index (χ0n) is 26.2. The van der Waals surface area contributed by atoms with Gasteiger partial charge >= 0.3 is 17.9 Å². The summed E-state index contributed by atoms with van der Waals surface area (Å²) in [7, 11) is 1.55. The third kappa shape index (κ3) is 11.2. The quantitative estimate of drug-likeness (QED) is 0.0895. The fourth-order valence-electron chi connectivity index (χ4n) is 4.41. The van der Waals surface area contributed by atoms with E-state index >= 15 is 0 Å². The second-order valence-electron chi connectivity index (χ2n) is 10.2. The molecule has 0 spiro atoms. The maximum absolute atomic E-state index is 12.7. The number of aryl methyl sites for hydroxylation is 2. The number of carbonyl (C=O) groups is 4. The summed E-state index contributed by atoms with van der Waals surface area (Å²) in [4.78, 5) is 47.5. The molecule has 46 heavy (non-hydrogen) atoms. The van der Waals surface area contributed by atoms with Crippen LogP contribution in [0, 0.1) is 0 Å². The molecule has 0 aliphatic carbocycles. The van der Waals surface area contributed by atoms with Crippen molar-refractivity contribution in [3.8, 4) is 22.6 Å². The van der Waals surface area contributed by atoms with Gasteiger partial charge in [0.25, 0.3) is 0 Å². The molecule has 0 fully saturated rings. The van der Waals surface area contributed by atoms with E-state index in [1.165, 1.54) is 17.8 Å². The summed E-state index contributed by atoms with van der Waals surface area (Å²) in [6, 6.07) is 18.7. The van der Waals surface area contributed by atoms with E-state index in [4.69, 9.17) is 18.9 Å². The highest BCUT2D eigenvalue weighted by atomic mass is 32.2. The highest BCUT2D eigenvalue weighted by Crippen LogP contribution is 2.29. The fourth-order valence-corrected chi connectivity index (χ4v) is 5.05. The van der Waals surface area contributed by atoms with E-state index in [-0.39, 0.29) is 30.7 Å². The molecule has 0 aliphatic heterocycles. The molecule has 0 bridgehead atoms. The summed E-state index contributed by atoms with van der Waals surface area (Å²) in [6.07, 6.45) is 4.21. The van der Waals surface area contributed by atoms with E-state index < -0.39 is 11.9 Å². The third-order valence-corrected chi connectivity index (χ3v) is 7.73. The van der Waals surface area contributed by atoms with Gasteiger partial charge in [-0.2, -0.15) is 0 Å². The Balaban J connectivity index is 1.60. The van der Waals surface area contributed by atoms with Gasteiger partial charge in [0.2, 0.25) is 5.12 Å². The third-order valence-electron chi connectivity index (χ3n) is 6.87. The van der Waals surface area contributed by atoms with Gasteiger partial charge in [0.15, 0.2) is 0 Å². The van der Waals surface area contributed by atoms with Crippen LogP contribution in [0.2, 0.25) is 0 Å². The Morgan fingerprint density at radius 3 is 2.20 bits per heavy atom. The Morgan fingerprint density at radius 1 is 0.804 bits per heavy atom. The van der Waals surface area contributed by atoms with Gasteiger partial charge in [0, 0.05) is 35.8 Å². The van der Waals surface area contributed by atoms with Crippen molar-refractivity contribution in [2.75, 3.05) is 19.5 Å². The minimum atomic E-state index is -0.489. The van der Waals surface area contributed by atoms with Crippen molar-refractivity contribution in [3.63, 3.8) is 0 Å². The van der Waals surface area contributed by atoms with E-state index in [1.54, 1.807) is 26.2 Å². The van der Waals surface area contributed by atoms with Crippen LogP contribution in [0.5, 0.6) is 11.5 Å². The van der Waals surface area contributed by atoms with E-state index in [9.17, 15) is 19.2 Å². The van der Waals surface area contributed by atoms with Crippen LogP contribution in [-0.2, 0) is 54.5 Å². The highest BCUT2D eigenvalue weighted by molar-refractivity contribution is 8.14. The second-order valence-corrected chi connectivity index (χ2v) is 11.3. The largest absolute Gasteiger partial charge is 0.496 e. The molecule has 240 valence electrons. The molecule has 0 aromatic heterocycles. The number of esters is 3. The number of carbonyl (C=O) groups excluding carboxylic acids is 4. The predicted molar refractivity (Wildman–Crippen MR) is 180 cm³/mol. The normalized spacial score (nSPS) is 10.4. The fraction of sp³-hybridized carbons (Fsp3) is 0.243. The van der Waals surface area contributed by atoms with E-state index in [0.717, 1.165) is 39.5 Å². The number of thioether (sulfide) groups is 1. The summed E-state index contributed by atoms with van der Waals surface area (Å²) in [5.74, 6) is 0.284. The van der Waals surface area contributed by atoms with Crippen LogP contribution in [0.15, 0.2) is 98.1 Å². The van der Waals surface area contributed by atoms with Crippen molar-refractivity contribution in [2.24, 2.45) is 0 Å². The molecular formula is C37H38O8S. The molecule has 3 rings (SSSR count). The maximum atomic E-state index is 12.7. The van der Waals surface area contributed by atoms with E-state index in [0.29, 0.717) is 42.1 Å². The van der Waals surface area contributed by atoms with Crippen LogP contribution in [0.3, 0.4) is 0 Å². The number of benzene rings is 3. The molecule has 0 saturated heterocycles. The molecule has 9 heteroatoms. The molecule has 0 N–H and O–H groups in total. The summed E-state index contributed by atoms with van der Waals surface area (Å²) >= 11 is 1.20. The van der Waals surface area contributed by atoms with Gasteiger partial charge in [-0.15, -0.1) is 0 Å². The summed E-state index contributed by atoms with van der Waals surface area (Å²) in [6.45, 7) is 12.3. The molecule has 0 unspecified atom stereocenters. The lowest BCUT2D eigenvalue weighted by molar-refractivity contribution is -0.140. The van der Waals surface area contributed by atoms with Gasteiger partial charge in [0.05, 0.1) is 13.7 Å². The Kier molecular flexibility index (Phi) is 14.1. The molecule has 0 heterocycles. The lowest BCUT2D eigenvalue weighted by Crippen LogP contribution is -2.10. The van der Waals surface area contributed by atoms with Crippen molar-refractivity contribution in [1.29, 1.82) is 0 Å². The Morgan fingerprint density at radius 2 is 1.52 bits per heavy atom. The van der Waals surface area contributed by atoms with E-state index in [2.05, 4.69) is 19.7 Å². The van der Waals surface area contributed by atoms with Gasteiger partial charge in [0.1, 0.15) is 18.1 Å². The second kappa shape index (κ2) is 18.2. The molecule has 3 aromatic carbocycles. The molecule has 8 nitrogen and oxygen atoms in total. The average molecular weight is 643 g/mol. The maximum Gasteiger partial charge on any atom is 0.333 e. The SMILES string of the molecule is C=CC(=O)OCCc1cc(CCC(=O)Oc2ccc(-c3ccc(COC(=O)C(=C)C)c(OC)c3)cc2)ccc1CCSC(=O)C=C. The predicted octanol–water partition coefficient (Wildman–Crippen LogP) is 6.78. The van der Waals surface area contributed by atoms with Gasteiger partial charge < -0.3 is 18.9 Å². The van der Waals surface area contributed by atoms with Gasteiger partial charge in [-0.3, -0.25) is 9.59 Å².